The molecule has 1 aromatic carbocycles. The minimum Gasteiger partial charge on any atom is -0.486 e. The highest BCUT2D eigenvalue weighted by Gasteiger charge is 2.17. The predicted octanol–water partition coefficient (Wildman–Crippen LogP) is 2.33. The minimum atomic E-state index is -0.0477. The standard InChI is InChI=1S/C15H15ClN2O3/c1-9-10(2)17-8-18(15(9)19)7-11-5-12(16)14-13(6-11)20-3-4-21-14/h5-6,8H,3-4,7H2,1-2H3. The maximum atomic E-state index is 12.2. The summed E-state index contributed by atoms with van der Waals surface area (Å²) in [6.45, 7) is 4.98. The normalized spacial score (nSPS) is 13.3. The Morgan fingerprint density at radius 1 is 1.29 bits per heavy atom. The second kappa shape index (κ2) is 5.41. The van der Waals surface area contributed by atoms with Crippen LogP contribution in [0.25, 0.3) is 0 Å². The first-order valence-electron chi connectivity index (χ1n) is 6.67. The third-order valence-corrected chi connectivity index (χ3v) is 3.81. The van der Waals surface area contributed by atoms with Crippen LogP contribution in [0, 0.1) is 13.8 Å². The van der Waals surface area contributed by atoms with Crippen molar-refractivity contribution in [2.75, 3.05) is 13.2 Å². The van der Waals surface area contributed by atoms with Crippen molar-refractivity contribution in [2.24, 2.45) is 0 Å². The smallest absolute Gasteiger partial charge is 0.256 e. The van der Waals surface area contributed by atoms with Crippen molar-refractivity contribution >= 4 is 11.6 Å². The van der Waals surface area contributed by atoms with Gasteiger partial charge in [-0.3, -0.25) is 9.36 Å². The molecule has 0 amide bonds. The molecule has 0 bridgehead atoms. The van der Waals surface area contributed by atoms with Gasteiger partial charge in [-0.25, -0.2) is 4.98 Å². The van der Waals surface area contributed by atoms with Crippen LogP contribution in [0.5, 0.6) is 11.5 Å². The molecule has 0 aliphatic carbocycles. The lowest BCUT2D eigenvalue weighted by molar-refractivity contribution is 0.171. The molecule has 110 valence electrons. The van der Waals surface area contributed by atoms with Crippen LogP contribution in [0.15, 0.2) is 23.3 Å². The molecule has 0 radical (unpaired) electrons. The van der Waals surface area contributed by atoms with Crippen LogP contribution in [0.3, 0.4) is 0 Å². The van der Waals surface area contributed by atoms with Crippen LogP contribution >= 0.6 is 11.6 Å². The Kier molecular flexibility index (Phi) is 3.59. The van der Waals surface area contributed by atoms with Crippen molar-refractivity contribution in [3.8, 4) is 11.5 Å². The molecule has 6 heteroatoms. The zero-order valence-electron chi connectivity index (χ0n) is 11.9. The number of benzene rings is 1. The maximum absolute atomic E-state index is 12.2. The van der Waals surface area contributed by atoms with Crippen molar-refractivity contribution in [3.05, 3.63) is 50.7 Å². The molecule has 0 spiro atoms. The summed E-state index contributed by atoms with van der Waals surface area (Å²) < 4.78 is 12.6. The van der Waals surface area contributed by atoms with Gasteiger partial charge in [-0.1, -0.05) is 11.6 Å². The molecule has 5 nitrogen and oxygen atoms in total. The van der Waals surface area contributed by atoms with Crippen LogP contribution in [0.2, 0.25) is 5.02 Å². The molecule has 2 heterocycles. The quantitative estimate of drug-likeness (QED) is 0.854. The summed E-state index contributed by atoms with van der Waals surface area (Å²) in [6, 6.07) is 3.64. The monoisotopic (exact) mass is 306 g/mol. The van der Waals surface area contributed by atoms with Crippen LogP contribution < -0.4 is 15.0 Å². The molecule has 0 saturated heterocycles. The summed E-state index contributed by atoms with van der Waals surface area (Å²) in [5.41, 5.74) is 2.22. The summed E-state index contributed by atoms with van der Waals surface area (Å²) in [5, 5.41) is 0.493. The minimum absolute atomic E-state index is 0.0477. The Hall–Kier alpha value is -2.01. The van der Waals surface area contributed by atoms with E-state index < -0.39 is 0 Å². The lowest BCUT2D eigenvalue weighted by atomic mass is 10.2. The molecular formula is C15H15ClN2O3. The second-order valence-electron chi connectivity index (χ2n) is 4.99. The molecule has 0 unspecified atom stereocenters. The van der Waals surface area contributed by atoms with Gasteiger partial charge < -0.3 is 9.47 Å². The summed E-state index contributed by atoms with van der Waals surface area (Å²) >= 11 is 6.20. The lowest BCUT2D eigenvalue weighted by Crippen LogP contribution is -2.24. The van der Waals surface area contributed by atoms with Crippen LogP contribution in [-0.2, 0) is 6.54 Å². The first-order chi connectivity index (χ1) is 10.1. The van der Waals surface area contributed by atoms with Crippen molar-refractivity contribution in [3.63, 3.8) is 0 Å². The Balaban J connectivity index is 1.97. The molecule has 1 aliphatic heterocycles. The van der Waals surface area contributed by atoms with Gasteiger partial charge in [-0.2, -0.15) is 0 Å². The Bertz CT molecular complexity index is 755. The van der Waals surface area contributed by atoms with Gasteiger partial charge in [-0.05, 0) is 31.5 Å². The van der Waals surface area contributed by atoms with Gasteiger partial charge in [0.15, 0.2) is 11.5 Å². The summed E-state index contributed by atoms with van der Waals surface area (Å²) in [7, 11) is 0. The zero-order valence-corrected chi connectivity index (χ0v) is 12.6. The van der Waals surface area contributed by atoms with Crippen LogP contribution in [0.1, 0.15) is 16.8 Å². The first kappa shape index (κ1) is 13.9. The van der Waals surface area contributed by atoms with Gasteiger partial charge in [0.05, 0.1) is 17.9 Å². The van der Waals surface area contributed by atoms with Crippen molar-refractivity contribution in [1.82, 2.24) is 9.55 Å². The van der Waals surface area contributed by atoms with E-state index in [0.29, 0.717) is 41.8 Å². The van der Waals surface area contributed by atoms with Crippen molar-refractivity contribution in [1.29, 1.82) is 0 Å². The van der Waals surface area contributed by atoms with Gasteiger partial charge in [0, 0.05) is 11.3 Å². The number of halogens is 1. The van der Waals surface area contributed by atoms with E-state index in [2.05, 4.69) is 4.98 Å². The molecule has 1 aliphatic rings. The molecule has 0 fully saturated rings. The van der Waals surface area contributed by atoms with E-state index in [1.54, 1.807) is 23.9 Å². The molecule has 3 rings (SSSR count). The van der Waals surface area contributed by atoms with Gasteiger partial charge in [0.2, 0.25) is 0 Å². The number of hydrogen-bond acceptors (Lipinski definition) is 4. The Morgan fingerprint density at radius 3 is 2.86 bits per heavy atom. The molecule has 0 N–H and O–H groups in total. The number of fused-ring (bicyclic) bond motifs is 1. The summed E-state index contributed by atoms with van der Waals surface area (Å²) in [5.74, 6) is 1.19. The van der Waals surface area contributed by atoms with E-state index in [1.165, 1.54) is 0 Å². The second-order valence-corrected chi connectivity index (χ2v) is 5.40. The van der Waals surface area contributed by atoms with Gasteiger partial charge in [0.25, 0.3) is 5.56 Å². The topological polar surface area (TPSA) is 53.4 Å². The first-order valence-corrected chi connectivity index (χ1v) is 7.04. The molecule has 0 saturated carbocycles. The average Bonchev–Trinajstić information content (AvgIpc) is 2.48. The van der Waals surface area contributed by atoms with Gasteiger partial charge in [0.1, 0.15) is 13.2 Å². The van der Waals surface area contributed by atoms with E-state index >= 15 is 0 Å². The number of aryl methyl sites for hydroxylation is 1. The third-order valence-electron chi connectivity index (χ3n) is 3.52. The molecule has 2 aromatic rings. The lowest BCUT2D eigenvalue weighted by Gasteiger charge is -2.20. The Labute approximate surface area is 127 Å². The number of hydrogen-bond donors (Lipinski definition) is 0. The van der Waals surface area contributed by atoms with E-state index in [9.17, 15) is 4.79 Å². The van der Waals surface area contributed by atoms with E-state index in [4.69, 9.17) is 21.1 Å². The fourth-order valence-electron chi connectivity index (χ4n) is 2.24. The largest absolute Gasteiger partial charge is 0.486 e. The molecule has 21 heavy (non-hydrogen) atoms. The highest BCUT2D eigenvalue weighted by molar-refractivity contribution is 6.32. The van der Waals surface area contributed by atoms with Crippen LogP contribution in [0.4, 0.5) is 0 Å². The summed E-state index contributed by atoms with van der Waals surface area (Å²) in [4.78, 5) is 16.4. The van der Waals surface area contributed by atoms with E-state index in [0.717, 1.165) is 11.3 Å². The highest BCUT2D eigenvalue weighted by Crippen LogP contribution is 2.38. The van der Waals surface area contributed by atoms with Gasteiger partial charge in [-0.15, -0.1) is 0 Å². The number of aromatic nitrogens is 2. The average molecular weight is 307 g/mol. The van der Waals surface area contributed by atoms with Crippen molar-refractivity contribution < 1.29 is 9.47 Å². The number of ether oxygens (including phenoxy) is 2. The SMILES string of the molecule is Cc1ncn(Cc2cc(Cl)c3c(c2)OCCO3)c(=O)c1C. The summed E-state index contributed by atoms with van der Waals surface area (Å²) in [6.07, 6.45) is 1.55. The molecular weight excluding hydrogens is 292 g/mol. The third kappa shape index (κ3) is 2.61. The molecule has 0 atom stereocenters. The zero-order chi connectivity index (χ0) is 15.0. The van der Waals surface area contributed by atoms with Gasteiger partial charge >= 0.3 is 0 Å². The molecule has 1 aromatic heterocycles. The predicted molar refractivity (Wildman–Crippen MR) is 79.5 cm³/mol. The Morgan fingerprint density at radius 2 is 2.05 bits per heavy atom. The fourth-order valence-corrected chi connectivity index (χ4v) is 2.53. The van der Waals surface area contributed by atoms with Crippen molar-refractivity contribution in [2.45, 2.75) is 20.4 Å². The highest BCUT2D eigenvalue weighted by atomic mass is 35.5. The number of nitrogens with zero attached hydrogens (tertiary/aromatic N) is 2. The maximum Gasteiger partial charge on any atom is 0.256 e. The fraction of sp³-hybridized carbons (Fsp3) is 0.333. The van der Waals surface area contributed by atoms with E-state index in [-0.39, 0.29) is 5.56 Å². The van der Waals surface area contributed by atoms with Crippen LogP contribution in [-0.4, -0.2) is 22.8 Å². The van der Waals surface area contributed by atoms with E-state index in [1.807, 2.05) is 13.0 Å². The number of rotatable bonds is 2.